The van der Waals surface area contributed by atoms with Gasteiger partial charge in [0.25, 0.3) is 32.1 Å². The van der Waals surface area contributed by atoms with Gasteiger partial charge < -0.3 is 0 Å². The molecule has 1 saturated heterocycles. The summed E-state index contributed by atoms with van der Waals surface area (Å²) in [5.41, 5.74) is 0. The van der Waals surface area contributed by atoms with Crippen LogP contribution in [0.1, 0.15) is 6.42 Å². The van der Waals surface area contributed by atoms with Crippen molar-refractivity contribution in [2.24, 2.45) is 0 Å². The van der Waals surface area contributed by atoms with Crippen molar-refractivity contribution < 1.29 is 40.7 Å². The predicted molar refractivity (Wildman–Crippen MR) is 51.2 cm³/mol. The van der Waals surface area contributed by atoms with Gasteiger partial charge in [0, 0.05) is 0 Å². The molecular weight excluding hydrogens is 293 g/mol. The molecule has 0 saturated carbocycles. The van der Waals surface area contributed by atoms with Gasteiger partial charge >= 0.3 is 33.6 Å². The third-order valence-corrected chi connectivity index (χ3v) is 5.54. The maximum absolute atomic E-state index is 11.1. The molecule has 0 bridgehead atoms. The van der Waals surface area contributed by atoms with Gasteiger partial charge in [-0.25, -0.2) is 0 Å². The van der Waals surface area contributed by atoms with Crippen LogP contribution in [0, 0.1) is 0 Å². The van der Waals surface area contributed by atoms with E-state index in [9.17, 15) is 26.4 Å². The Kier molecular flexibility index (Phi) is 4.52. The van der Waals surface area contributed by atoms with E-state index in [4.69, 9.17) is 14.3 Å². The number of nitrogens with zero attached hydrogens (tertiary/aromatic N) is 1. The van der Waals surface area contributed by atoms with Gasteiger partial charge in [0.1, 0.15) is 0 Å². The van der Waals surface area contributed by atoms with Crippen molar-refractivity contribution in [1.29, 1.82) is 0 Å². The summed E-state index contributed by atoms with van der Waals surface area (Å²) in [7, 11) is -11.3. The molecule has 94 valence electrons. The Labute approximate surface area is 117 Å². The fraction of sp³-hybridized carbons (Fsp3) is 0.500. The molecule has 0 spiro atoms. The fourth-order valence-corrected chi connectivity index (χ4v) is 3.45. The molecule has 0 aromatic heterocycles. The third kappa shape index (κ3) is 2.26. The Hall–Kier alpha value is -0.0800. The van der Waals surface area contributed by atoms with Gasteiger partial charge in [0.05, 0.1) is 6.42 Å². The Bertz CT molecular complexity index is 530. The predicted octanol–water partition coefficient (Wildman–Crippen LogP) is -3.04. The second-order valence-electron chi connectivity index (χ2n) is 2.89. The molecule has 1 fully saturated rings. The van der Waals surface area contributed by atoms with Gasteiger partial charge in [-0.2, -0.15) is 21.9 Å². The van der Waals surface area contributed by atoms with E-state index in [2.05, 4.69) is 0 Å². The minimum atomic E-state index is -5.65. The molecule has 1 aliphatic heterocycles. The fourth-order valence-electron chi connectivity index (χ4n) is 1.16. The Morgan fingerprint density at radius 3 is 1.53 bits per heavy atom. The summed E-state index contributed by atoms with van der Waals surface area (Å²) in [4.78, 5) is 21.9. The Morgan fingerprint density at radius 1 is 1.06 bits per heavy atom. The van der Waals surface area contributed by atoms with Crippen molar-refractivity contribution in [1.82, 2.24) is 5.06 Å². The first-order chi connectivity index (χ1) is 6.95. The average Bonchev–Trinajstić information content (AvgIpc) is 2.27. The summed E-state index contributed by atoms with van der Waals surface area (Å²) >= 11 is 0. The Morgan fingerprint density at radius 2 is 1.41 bits per heavy atom. The van der Waals surface area contributed by atoms with Gasteiger partial charge in [0.15, 0.2) is 0 Å². The number of amides is 2. The first kappa shape index (κ1) is 16.9. The van der Waals surface area contributed by atoms with E-state index in [0.717, 1.165) is 0 Å². The van der Waals surface area contributed by atoms with E-state index in [1.807, 2.05) is 0 Å². The van der Waals surface area contributed by atoms with Crippen molar-refractivity contribution >= 4 is 61.6 Å². The van der Waals surface area contributed by atoms with Gasteiger partial charge in [-0.3, -0.25) is 23.9 Å². The van der Waals surface area contributed by atoms with Crippen LogP contribution in [-0.2, 0) is 29.8 Å². The normalized spacial score (nSPS) is 20.3. The maximum atomic E-state index is 11.1. The van der Waals surface area contributed by atoms with E-state index in [0.29, 0.717) is 0 Å². The number of hydrogen-bond donors (Lipinski definition) is 3. The number of imide groups is 1. The van der Waals surface area contributed by atoms with Gasteiger partial charge in [0.2, 0.25) is 0 Å². The van der Waals surface area contributed by atoms with Crippen LogP contribution < -0.4 is 0 Å². The molecule has 0 aliphatic carbocycles. The van der Waals surface area contributed by atoms with Crippen LogP contribution in [0.15, 0.2) is 0 Å². The standard InChI is InChI=1S/C4H5NO9S2.Na.H/c6-2-1-4(15(9,10)11,16(12,13)14)3(7)5(2)8;;/h8H,1H2,(H,9,10,11)(H,12,13,14);;. The summed E-state index contributed by atoms with van der Waals surface area (Å²) < 4.78 is 56.7. The molecular formula is C4H6NNaO9S2. The quantitative estimate of drug-likeness (QED) is 0.208. The van der Waals surface area contributed by atoms with Crippen molar-refractivity contribution in [3.05, 3.63) is 0 Å². The van der Waals surface area contributed by atoms with E-state index < -0.39 is 47.6 Å². The van der Waals surface area contributed by atoms with Gasteiger partial charge in [-0.15, -0.1) is 0 Å². The van der Waals surface area contributed by atoms with Gasteiger partial charge in [-0.1, -0.05) is 0 Å². The first-order valence-electron chi connectivity index (χ1n) is 3.45. The summed E-state index contributed by atoms with van der Waals surface area (Å²) in [6.07, 6.45) is -1.60. The average molecular weight is 299 g/mol. The molecule has 0 aromatic carbocycles. The minimum absolute atomic E-state index is 0. The van der Waals surface area contributed by atoms with Crippen LogP contribution in [-0.4, -0.2) is 81.7 Å². The van der Waals surface area contributed by atoms with Crippen LogP contribution >= 0.6 is 0 Å². The number of carbonyl (C=O) groups excluding carboxylic acids is 2. The molecule has 2 amide bonds. The van der Waals surface area contributed by atoms with E-state index >= 15 is 0 Å². The molecule has 13 heteroatoms. The molecule has 1 aliphatic rings. The van der Waals surface area contributed by atoms with Crippen molar-refractivity contribution in [3.63, 3.8) is 0 Å². The number of hydrogen-bond acceptors (Lipinski definition) is 7. The molecule has 0 unspecified atom stereocenters. The zero-order chi connectivity index (χ0) is 12.9. The monoisotopic (exact) mass is 299 g/mol. The van der Waals surface area contributed by atoms with Crippen molar-refractivity contribution in [3.8, 4) is 0 Å². The topological polar surface area (TPSA) is 166 Å². The van der Waals surface area contributed by atoms with Crippen LogP contribution in [0.4, 0.5) is 0 Å². The molecule has 0 radical (unpaired) electrons. The second kappa shape index (κ2) is 4.55. The van der Waals surface area contributed by atoms with E-state index in [-0.39, 0.29) is 29.6 Å². The molecule has 1 heterocycles. The number of carbonyl (C=O) groups is 2. The molecule has 3 N–H and O–H groups in total. The van der Waals surface area contributed by atoms with Gasteiger partial charge in [-0.05, 0) is 0 Å². The second-order valence-corrected chi connectivity index (χ2v) is 6.44. The van der Waals surface area contributed by atoms with Crippen LogP contribution in [0.5, 0.6) is 0 Å². The van der Waals surface area contributed by atoms with E-state index in [1.54, 1.807) is 0 Å². The number of hydroxylamine groups is 2. The van der Waals surface area contributed by atoms with Crippen LogP contribution in [0.25, 0.3) is 0 Å². The molecule has 1 rings (SSSR count). The van der Waals surface area contributed by atoms with Crippen molar-refractivity contribution in [2.75, 3.05) is 0 Å². The van der Waals surface area contributed by atoms with Crippen LogP contribution in [0.2, 0.25) is 0 Å². The zero-order valence-electron chi connectivity index (χ0n) is 7.26. The Balaban J connectivity index is 0.00000256. The zero-order valence-corrected chi connectivity index (χ0v) is 8.89. The molecule has 17 heavy (non-hydrogen) atoms. The molecule has 0 atom stereocenters. The van der Waals surface area contributed by atoms with E-state index in [1.165, 1.54) is 0 Å². The molecule has 0 aromatic rings. The van der Waals surface area contributed by atoms with Crippen LogP contribution in [0.3, 0.4) is 0 Å². The first-order valence-corrected chi connectivity index (χ1v) is 6.33. The SMILES string of the molecule is O=C1CC(S(=O)(=O)O)(S(=O)(=O)O)C(=O)N1O.[NaH]. The van der Waals surface area contributed by atoms with Crippen molar-refractivity contribution in [2.45, 2.75) is 10.5 Å². The summed E-state index contributed by atoms with van der Waals surface area (Å²) in [6.45, 7) is 0. The summed E-state index contributed by atoms with van der Waals surface area (Å²) in [5, 5.41) is 7.92. The summed E-state index contributed by atoms with van der Waals surface area (Å²) in [5.74, 6) is -3.73. The summed E-state index contributed by atoms with van der Waals surface area (Å²) in [6, 6.07) is 0. The molecule has 10 nitrogen and oxygen atoms in total. The third-order valence-electron chi connectivity index (χ3n) is 1.97. The number of rotatable bonds is 2.